The molecule has 1 aliphatic carbocycles. The van der Waals surface area contributed by atoms with E-state index in [1.807, 2.05) is 31.3 Å². The van der Waals surface area contributed by atoms with Gasteiger partial charge in [-0.15, -0.1) is 0 Å². The van der Waals surface area contributed by atoms with E-state index in [0.29, 0.717) is 12.0 Å². The van der Waals surface area contributed by atoms with Crippen molar-refractivity contribution < 1.29 is 4.79 Å². The first kappa shape index (κ1) is 15.8. The number of benzene rings is 1. The number of rotatable bonds is 5. The van der Waals surface area contributed by atoms with E-state index >= 15 is 0 Å². The molecule has 2 amide bonds. The Morgan fingerprint density at radius 2 is 2.00 bits per heavy atom. The van der Waals surface area contributed by atoms with Gasteiger partial charge in [0, 0.05) is 18.3 Å². The second-order valence-electron chi connectivity index (χ2n) is 6.14. The minimum Gasteiger partial charge on any atom is -0.338 e. The Hall–Kier alpha value is -1.55. The standard InChI is InChI=1S/C17H27N3O/c1-12-5-4-6-15(12)11-19-17(21)20-16-9-7-14(8-10-16)13(2)18-3/h7-10,12-13,15,18H,4-6,11H2,1-3H3,(H2,19,20,21). The number of carbonyl (C=O) groups is 1. The predicted molar refractivity (Wildman–Crippen MR) is 87.4 cm³/mol. The summed E-state index contributed by atoms with van der Waals surface area (Å²) < 4.78 is 0. The van der Waals surface area contributed by atoms with E-state index in [1.165, 1.54) is 24.8 Å². The van der Waals surface area contributed by atoms with Gasteiger partial charge < -0.3 is 16.0 Å². The lowest BCUT2D eigenvalue weighted by molar-refractivity contribution is 0.248. The van der Waals surface area contributed by atoms with Crippen molar-refractivity contribution in [3.8, 4) is 0 Å². The smallest absolute Gasteiger partial charge is 0.319 e. The summed E-state index contributed by atoms with van der Waals surface area (Å²) in [5.74, 6) is 1.36. The normalized spacial score (nSPS) is 22.8. The molecule has 2 rings (SSSR count). The highest BCUT2D eigenvalue weighted by Gasteiger charge is 2.23. The van der Waals surface area contributed by atoms with Crippen LogP contribution >= 0.6 is 0 Å². The highest BCUT2D eigenvalue weighted by atomic mass is 16.2. The molecular weight excluding hydrogens is 262 g/mol. The van der Waals surface area contributed by atoms with Gasteiger partial charge in [-0.3, -0.25) is 0 Å². The topological polar surface area (TPSA) is 53.2 Å². The van der Waals surface area contributed by atoms with Gasteiger partial charge >= 0.3 is 6.03 Å². The number of amides is 2. The van der Waals surface area contributed by atoms with E-state index in [2.05, 4.69) is 29.8 Å². The van der Waals surface area contributed by atoms with Crippen molar-refractivity contribution in [2.45, 2.75) is 39.2 Å². The molecule has 3 N–H and O–H groups in total. The van der Waals surface area contributed by atoms with E-state index in [1.54, 1.807) is 0 Å². The Morgan fingerprint density at radius 1 is 1.29 bits per heavy atom. The number of hydrogen-bond acceptors (Lipinski definition) is 2. The number of anilines is 1. The molecule has 116 valence electrons. The van der Waals surface area contributed by atoms with Crippen molar-refractivity contribution in [2.75, 3.05) is 18.9 Å². The lowest BCUT2D eigenvalue weighted by Crippen LogP contribution is -2.33. The van der Waals surface area contributed by atoms with Crippen molar-refractivity contribution in [3.05, 3.63) is 29.8 Å². The molecule has 3 unspecified atom stereocenters. The lowest BCUT2D eigenvalue weighted by Gasteiger charge is -2.16. The molecule has 4 heteroatoms. The largest absolute Gasteiger partial charge is 0.338 e. The summed E-state index contributed by atoms with van der Waals surface area (Å²) in [4.78, 5) is 11.9. The molecule has 1 saturated carbocycles. The van der Waals surface area contributed by atoms with Crippen molar-refractivity contribution in [3.63, 3.8) is 0 Å². The summed E-state index contributed by atoms with van der Waals surface area (Å²) in [6.45, 7) is 5.17. The fourth-order valence-electron chi connectivity index (χ4n) is 2.95. The summed E-state index contributed by atoms with van der Waals surface area (Å²) >= 11 is 0. The Kier molecular flexibility index (Phi) is 5.62. The number of carbonyl (C=O) groups excluding carboxylic acids is 1. The third kappa shape index (κ3) is 4.46. The number of nitrogens with one attached hydrogen (secondary N) is 3. The molecule has 3 atom stereocenters. The molecule has 0 aliphatic heterocycles. The maximum atomic E-state index is 11.9. The Morgan fingerprint density at radius 3 is 2.57 bits per heavy atom. The maximum absolute atomic E-state index is 11.9. The molecule has 0 bridgehead atoms. The summed E-state index contributed by atoms with van der Waals surface area (Å²) in [7, 11) is 1.94. The van der Waals surface area contributed by atoms with E-state index in [4.69, 9.17) is 0 Å². The maximum Gasteiger partial charge on any atom is 0.319 e. The van der Waals surface area contributed by atoms with Crippen LogP contribution in [0, 0.1) is 11.8 Å². The summed E-state index contributed by atoms with van der Waals surface area (Å²) in [6.07, 6.45) is 3.82. The summed E-state index contributed by atoms with van der Waals surface area (Å²) in [5, 5.41) is 9.08. The van der Waals surface area contributed by atoms with Crippen molar-refractivity contribution in [1.29, 1.82) is 0 Å². The van der Waals surface area contributed by atoms with Crippen LogP contribution in [0.1, 0.15) is 44.7 Å². The zero-order valence-electron chi connectivity index (χ0n) is 13.3. The SMILES string of the molecule is CNC(C)c1ccc(NC(=O)NCC2CCCC2C)cc1. The van der Waals surface area contributed by atoms with Crippen LogP contribution in [0.2, 0.25) is 0 Å². The van der Waals surface area contributed by atoms with Crippen LogP contribution in [-0.2, 0) is 0 Å². The first-order chi connectivity index (χ1) is 10.1. The summed E-state index contributed by atoms with van der Waals surface area (Å²) in [5.41, 5.74) is 2.04. The van der Waals surface area contributed by atoms with Crippen molar-refractivity contribution in [1.82, 2.24) is 10.6 Å². The average Bonchev–Trinajstić information content (AvgIpc) is 2.90. The minimum absolute atomic E-state index is 0.108. The number of urea groups is 1. The zero-order valence-corrected chi connectivity index (χ0v) is 13.3. The van der Waals surface area contributed by atoms with Crippen LogP contribution in [-0.4, -0.2) is 19.6 Å². The molecule has 1 aromatic carbocycles. The van der Waals surface area contributed by atoms with E-state index < -0.39 is 0 Å². The summed E-state index contributed by atoms with van der Waals surface area (Å²) in [6, 6.07) is 8.17. The number of hydrogen-bond donors (Lipinski definition) is 3. The molecule has 0 heterocycles. The molecule has 0 radical (unpaired) electrons. The van der Waals surface area contributed by atoms with Gasteiger partial charge in [-0.2, -0.15) is 0 Å². The van der Waals surface area contributed by atoms with Gasteiger partial charge in [-0.25, -0.2) is 4.79 Å². The first-order valence-electron chi connectivity index (χ1n) is 7.92. The van der Waals surface area contributed by atoms with Crippen LogP contribution in [0.3, 0.4) is 0 Å². The molecule has 1 aliphatic rings. The third-order valence-corrected chi connectivity index (χ3v) is 4.67. The van der Waals surface area contributed by atoms with Crippen LogP contribution in [0.15, 0.2) is 24.3 Å². The molecule has 4 nitrogen and oxygen atoms in total. The molecule has 0 spiro atoms. The van der Waals surface area contributed by atoms with Crippen LogP contribution in [0.5, 0.6) is 0 Å². The Bertz CT molecular complexity index is 458. The third-order valence-electron chi connectivity index (χ3n) is 4.67. The molecule has 1 aromatic rings. The van der Waals surface area contributed by atoms with Crippen LogP contribution < -0.4 is 16.0 Å². The second kappa shape index (κ2) is 7.46. The molecular formula is C17H27N3O. The van der Waals surface area contributed by atoms with E-state index in [0.717, 1.165) is 18.2 Å². The first-order valence-corrected chi connectivity index (χ1v) is 7.92. The van der Waals surface area contributed by atoms with Gasteiger partial charge in [0.25, 0.3) is 0 Å². The lowest BCUT2D eigenvalue weighted by atomic mass is 9.98. The highest BCUT2D eigenvalue weighted by molar-refractivity contribution is 5.89. The fourth-order valence-corrected chi connectivity index (χ4v) is 2.95. The Labute approximate surface area is 127 Å². The quantitative estimate of drug-likeness (QED) is 0.777. The van der Waals surface area contributed by atoms with Gasteiger partial charge in [0.05, 0.1) is 0 Å². The van der Waals surface area contributed by atoms with Gasteiger partial charge in [-0.1, -0.05) is 31.9 Å². The van der Waals surface area contributed by atoms with Crippen LogP contribution in [0.4, 0.5) is 10.5 Å². The molecule has 0 aromatic heterocycles. The Balaban J connectivity index is 1.79. The van der Waals surface area contributed by atoms with E-state index in [9.17, 15) is 4.79 Å². The second-order valence-corrected chi connectivity index (χ2v) is 6.14. The monoisotopic (exact) mass is 289 g/mol. The fraction of sp³-hybridized carbons (Fsp3) is 0.588. The van der Waals surface area contributed by atoms with Crippen molar-refractivity contribution >= 4 is 11.7 Å². The van der Waals surface area contributed by atoms with Gasteiger partial charge in [0.15, 0.2) is 0 Å². The average molecular weight is 289 g/mol. The highest BCUT2D eigenvalue weighted by Crippen LogP contribution is 2.30. The van der Waals surface area contributed by atoms with E-state index in [-0.39, 0.29) is 6.03 Å². The van der Waals surface area contributed by atoms with Gasteiger partial charge in [0.1, 0.15) is 0 Å². The molecule has 21 heavy (non-hydrogen) atoms. The molecule has 0 saturated heterocycles. The van der Waals surface area contributed by atoms with Crippen LogP contribution in [0.25, 0.3) is 0 Å². The minimum atomic E-state index is -0.108. The zero-order chi connectivity index (χ0) is 15.2. The van der Waals surface area contributed by atoms with Gasteiger partial charge in [-0.05, 0) is 49.9 Å². The predicted octanol–water partition coefficient (Wildman–Crippen LogP) is 3.52. The molecule has 1 fully saturated rings. The van der Waals surface area contributed by atoms with Gasteiger partial charge in [0.2, 0.25) is 0 Å². The van der Waals surface area contributed by atoms with Crippen molar-refractivity contribution in [2.24, 2.45) is 11.8 Å².